The van der Waals surface area contributed by atoms with E-state index >= 15 is 0 Å². The lowest BCUT2D eigenvalue weighted by Gasteiger charge is -2.15. The molecule has 1 amide bonds. The second-order valence-electron chi connectivity index (χ2n) is 7.52. The predicted molar refractivity (Wildman–Crippen MR) is 135 cm³/mol. The number of carbonyl (C=O) groups is 1. The maximum Gasteiger partial charge on any atom is 0.224 e. The molecule has 0 aliphatic carbocycles. The van der Waals surface area contributed by atoms with Crippen LogP contribution < -0.4 is 20.1 Å². The smallest absolute Gasteiger partial charge is 0.224 e. The zero-order valence-electron chi connectivity index (χ0n) is 18.8. The summed E-state index contributed by atoms with van der Waals surface area (Å²) in [5, 5.41) is 7.25. The van der Waals surface area contributed by atoms with Gasteiger partial charge in [0.15, 0.2) is 11.5 Å². The Morgan fingerprint density at radius 1 is 0.970 bits per heavy atom. The van der Waals surface area contributed by atoms with E-state index in [-0.39, 0.29) is 12.3 Å². The van der Waals surface area contributed by atoms with Crippen molar-refractivity contribution in [1.29, 1.82) is 0 Å². The summed E-state index contributed by atoms with van der Waals surface area (Å²) < 4.78 is 11.2. The second-order valence-corrected chi connectivity index (χ2v) is 8.33. The third-order valence-electron chi connectivity index (χ3n) is 5.06. The summed E-state index contributed by atoms with van der Waals surface area (Å²) in [6.45, 7) is 3.15. The number of nitrogens with one attached hydrogen (secondary N) is 2. The predicted octanol–water partition coefficient (Wildman–Crippen LogP) is 6.78. The van der Waals surface area contributed by atoms with Crippen molar-refractivity contribution in [2.45, 2.75) is 32.7 Å². The van der Waals surface area contributed by atoms with Gasteiger partial charge in [-0.3, -0.25) is 4.79 Å². The number of hydrogen-bond acceptors (Lipinski definition) is 4. The highest BCUT2D eigenvalue weighted by Gasteiger charge is 2.12. The van der Waals surface area contributed by atoms with Gasteiger partial charge in [0.25, 0.3) is 0 Å². The molecule has 3 aromatic carbocycles. The highest BCUT2D eigenvalue weighted by molar-refractivity contribution is 6.39. The normalized spacial score (nSPS) is 10.5. The lowest BCUT2D eigenvalue weighted by molar-refractivity contribution is -0.120. The number of carbonyl (C=O) groups excluding carboxylic acids is 1. The van der Waals surface area contributed by atoms with Gasteiger partial charge < -0.3 is 20.1 Å². The van der Waals surface area contributed by atoms with Crippen molar-refractivity contribution in [1.82, 2.24) is 5.32 Å². The number of ether oxygens (including phenoxy) is 2. The molecule has 5 nitrogen and oxygen atoms in total. The van der Waals surface area contributed by atoms with E-state index in [9.17, 15) is 4.79 Å². The quantitative estimate of drug-likeness (QED) is 0.293. The summed E-state index contributed by atoms with van der Waals surface area (Å²) >= 11 is 12.6. The minimum Gasteiger partial charge on any atom is -0.493 e. The van der Waals surface area contributed by atoms with Gasteiger partial charge in [0, 0.05) is 12.2 Å². The topological polar surface area (TPSA) is 59.6 Å². The van der Waals surface area contributed by atoms with Gasteiger partial charge in [0.2, 0.25) is 5.91 Å². The van der Waals surface area contributed by atoms with E-state index in [1.54, 1.807) is 25.3 Å². The van der Waals surface area contributed by atoms with Crippen molar-refractivity contribution in [2.75, 3.05) is 19.0 Å². The Labute approximate surface area is 205 Å². The van der Waals surface area contributed by atoms with Gasteiger partial charge in [-0.2, -0.15) is 0 Å². The Bertz CT molecular complexity index is 1070. The van der Waals surface area contributed by atoms with Crippen molar-refractivity contribution in [3.05, 3.63) is 81.8 Å². The van der Waals surface area contributed by atoms with Gasteiger partial charge in [0.1, 0.15) is 0 Å². The van der Waals surface area contributed by atoms with Gasteiger partial charge >= 0.3 is 0 Å². The average molecular weight is 487 g/mol. The zero-order chi connectivity index (χ0) is 23.6. The van der Waals surface area contributed by atoms with Crippen molar-refractivity contribution in [3.8, 4) is 11.5 Å². The third-order valence-corrected chi connectivity index (χ3v) is 5.69. The van der Waals surface area contributed by atoms with Crippen LogP contribution >= 0.6 is 23.2 Å². The van der Waals surface area contributed by atoms with Crippen molar-refractivity contribution in [2.24, 2.45) is 0 Å². The molecule has 0 saturated heterocycles. The molecular weight excluding hydrogens is 459 g/mol. The van der Waals surface area contributed by atoms with E-state index in [0.717, 1.165) is 29.7 Å². The number of methoxy groups -OCH3 is 1. The van der Waals surface area contributed by atoms with E-state index in [2.05, 4.69) is 17.6 Å². The molecule has 7 heteroatoms. The maximum atomic E-state index is 12.7. The first-order valence-corrected chi connectivity index (χ1v) is 11.6. The van der Waals surface area contributed by atoms with Gasteiger partial charge in [-0.05, 0) is 47.9 Å². The highest BCUT2D eigenvalue weighted by Crippen LogP contribution is 2.33. The van der Waals surface area contributed by atoms with Gasteiger partial charge in [-0.1, -0.05) is 66.9 Å². The molecule has 0 atom stereocenters. The zero-order valence-corrected chi connectivity index (χ0v) is 20.3. The molecule has 0 saturated carbocycles. The van der Waals surface area contributed by atoms with Crippen LogP contribution in [0.25, 0.3) is 0 Å². The number of para-hydroxylation sites is 2. The summed E-state index contributed by atoms with van der Waals surface area (Å²) in [4.78, 5) is 12.7. The Balaban J connectivity index is 1.63. The lowest BCUT2D eigenvalue weighted by Crippen LogP contribution is -2.24. The summed E-state index contributed by atoms with van der Waals surface area (Å²) in [5.74, 6) is 1.26. The van der Waals surface area contributed by atoms with Gasteiger partial charge in [-0.15, -0.1) is 0 Å². The van der Waals surface area contributed by atoms with Crippen molar-refractivity contribution in [3.63, 3.8) is 0 Å². The minimum atomic E-state index is -0.100. The monoisotopic (exact) mass is 486 g/mol. The van der Waals surface area contributed by atoms with Crippen LogP contribution in [-0.2, 0) is 17.8 Å². The fourth-order valence-corrected chi connectivity index (χ4v) is 3.74. The first-order valence-electron chi connectivity index (χ1n) is 10.9. The molecule has 3 aromatic rings. The molecule has 0 aliphatic heterocycles. The Hall–Kier alpha value is -2.89. The largest absolute Gasteiger partial charge is 0.493 e. The highest BCUT2D eigenvalue weighted by atomic mass is 35.5. The molecule has 0 unspecified atom stereocenters. The van der Waals surface area contributed by atoms with Crippen LogP contribution in [0.4, 0.5) is 11.4 Å². The van der Waals surface area contributed by atoms with Crippen LogP contribution in [0.5, 0.6) is 11.5 Å². The van der Waals surface area contributed by atoms with Gasteiger partial charge in [0.05, 0.1) is 35.9 Å². The SMILES string of the molecule is CCCCOc1ccc(CNC(=O)Cc2ccccc2Nc2c(Cl)cccc2Cl)cc1OC. The number of anilines is 2. The van der Waals surface area contributed by atoms with E-state index in [0.29, 0.717) is 40.4 Å². The first kappa shape index (κ1) is 24.7. The van der Waals surface area contributed by atoms with E-state index in [4.69, 9.17) is 32.7 Å². The van der Waals surface area contributed by atoms with Crippen LogP contribution in [-0.4, -0.2) is 19.6 Å². The number of halogens is 2. The molecule has 0 bridgehead atoms. The minimum absolute atomic E-state index is 0.100. The molecular formula is C26H28Cl2N2O3. The van der Waals surface area contributed by atoms with E-state index in [1.807, 2.05) is 42.5 Å². The first-order chi connectivity index (χ1) is 16.0. The molecule has 33 heavy (non-hydrogen) atoms. The molecule has 0 radical (unpaired) electrons. The molecule has 0 aliphatic rings. The lowest BCUT2D eigenvalue weighted by atomic mass is 10.1. The number of unbranched alkanes of at least 4 members (excludes halogenated alkanes) is 1. The number of benzene rings is 3. The Morgan fingerprint density at radius 3 is 2.45 bits per heavy atom. The molecule has 3 rings (SSSR count). The van der Waals surface area contributed by atoms with E-state index < -0.39 is 0 Å². The number of hydrogen-bond donors (Lipinski definition) is 2. The third kappa shape index (κ3) is 7.04. The molecule has 0 aromatic heterocycles. The summed E-state index contributed by atoms with van der Waals surface area (Å²) in [5.41, 5.74) is 3.15. The summed E-state index contributed by atoms with van der Waals surface area (Å²) in [6.07, 6.45) is 2.26. The fraction of sp³-hybridized carbons (Fsp3) is 0.269. The average Bonchev–Trinajstić information content (AvgIpc) is 2.82. The standard InChI is InChI=1S/C26H28Cl2N2O3/c1-3-4-14-33-23-13-12-18(15-24(23)32-2)17-29-25(31)16-19-8-5-6-11-22(19)30-26-20(27)9-7-10-21(26)28/h5-13,15,30H,3-4,14,16-17H2,1-2H3,(H,29,31). The van der Waals surface area contributed by atoms with Crippen LogP contribution in [0, 0.1) is 0 Å². The summed E-state index contributed by atoms with van der Waals surface area (Å²) in [6, 6.07) is 18.6. The van der Waals surface area contributed by atoms with Crippen LogP contribution in [0.2, 0.25) is 10.0 Å². The van der Waals surface area contributed by atoms with E-state index in [1.165, 1.54) is 0 Å². The van der Waals surface area contributed by atoms with Crippen molar-refractivity contribution >= 4 is 40.5 Å². The Kier molecular flexibility index (Phi) is 9.28. The fourth-order valence-electron chi connectivity index (χ4n) is 3.25. The van der Waals surface area contributed by atoms with Crippen molar-refractivity contribution < 1.29 is 14.3 Å². The number of amides is 1. The molecule has 0 spiro atoms. The van der Waals surface area contributed by atoms with Crippen LogP contribution in [0.15, 0.2) is 60.7 Å². The molecule has 0 fully saturated rings. The maximum absolute atomic E-state index is 12.7. The second kappa shape index (κ2) is 12.4. The van der Waals surface area contributed by atoms with Gasteiger partial charge in [-0.25, -0.2) is 0 Å². The summed E-state index contributed by atoms with van der Waals surface area (Å²) in [7, 11) is 1.61. The Morgan fingerprint density at radius 2 is 1.73 bits per heavy atom. The molecule has 0 heterocycles. The molecule has 174 valence electrons. The number of rotatable bonds is 11. The van der Waals surface area contributed by atoms with Crippen LogP contribution in [0.1, 0.15) is 30.9 Å². The molecule has 2 N–H and O–H groups in total. The van der Waals surface area contributed by atoms with Crippen LogP contribution in [0.3, 0.4) is 0 Å².